The van der Waals surface area contributed by atoms with Crippen molar-refractivity contribution >= 4 is 11.9 Å². The van der Waals surface area contributed by atoms with Gasteiger partial charge in [0.2, 0.25) is 5.91 Å². The molecule has 1 saturated heterocycles. The topological polar surface area (TPSA) is 62.3 Å². The molecule has 0 saturated carbocycles. The highest BCUT2D eigenvalue weighted by Gasteiger charge is 2.25. The highest BCUT2D eigenvalue weighted by Crippen LogP contribution is 2.03. The van der Waals surface area contributed by atoms with E-state index in [-0.39, 0.29) is 18.5 Å². The third-order valence-corrected chi connectivity index (χ3v) is 2.29. The van der Waals surface area contributed by atoms with Gasteiger partial charge in [0, 0.05) is 18.9 Å². The number of nitrogens with one attached hydrogen (secondary N) is 1. The molecule has 2 heterocycles. The van der Waals surface area contributed by atoms with Crippen molar-refractivity contribution in [2.45, 2.75) is 6.42 Å². The smallest absolute Gasteiger partial charge is 0.315 e. The molecule has 0 spiro atoms. The van der Waals surface area contributed by atoms with Crippen LogP contribution in [0.25, 0.3) is 0 Å². The van der Waals surface area contributed by atoms with Crippen molar-refractivity contribution in [1.82, 2.24) is 15.2 Å². The molecule has 5 heteroatoms. The molecule has 0 aliphatic carbocycles. The fourth-order valence-corrected chi connectivity index (χ4v) is 1.48. The van der Waals surface area contributed by atoms with E-state index in [0.717, 1.165) is 12.0 Å². The molecule has 78 valence electrons. The first-order valence-corrected chi connectivity index (χ1v) is 4.73. The number of urea groups is 1. The Labute approximate surface area is 87.1 Å². The number of nitrogens with zero attached hydrogens (tertiary/aromatic N) is 2. The number of amides is 3. The van der Waals surface area contributed by atoms with E-state index >= 15 is 0 Å². The average molecular weight is 205 g/mol. The van der Waals surface area contributed by atoms with Crippen molar-refractivity contribution in [3.63, 3.8) is 0 Å². The van der Waals surface area contributed by atoms with Gasteiger partial charge in [0.05, 0.1) is 0 Å². The van der Waals surface area contributed by atoms with Crippen molar-refractivity contribution in [3.8, 4) is 0 Å². The third-order valence-electron chi connectivity index (χ3n) is 2.29. The van der Waals surface area contributed by atoms with Crippen LogP contribution in [0.3, 0.4) is 0 Å². The van der Waals surface area contributed by atoms with Crippen molar-refractivity contribution in [3.05, 3.63) is 30.1 Å². The van der Waals surface area contributed by atoms with E-state index in [1.807, 2.05) is 12.1 Å². The Morgan fingerprint density at radius 1 is 1.33 bits per heavy atom. The van der Waals surface area contributed by atoms with E-state index in [9.17, 15) is 9.59 Å². The predicted molar refractivity (Wildman–Crippen MR) is 53.1 cm³/mol. The number of aromatic nitrogens is 1. The summed E-state index contributed by atoms with van der Waals surface area (Å²) in [6.45, 7) is 0.728. The number of imide groups is 1. The van der Waals surface area contributed by atoms with Crippen LogP contribution in [0, 0.1) is 0 Å². The summed E-state index contributed by atoms with van der Waals surface area (Å²) in [5.74, 6) is -0.227. The minimum atomic E-state index is -0.297. The van der Waals surface area contributed by atoms with Gasteiger partial charge in [-0.15, -0.1) is 0 Å². The Hall–Kier alpha value is -1.91. The molecule has 0 atom stereocenters. The Morgan fingerprint density at radius 3 is 2.67 bits per heavy atom. The molecule has 0 unspecified atom stereocenters. The highest BCUT2D eigenvalue weighted by molar-refractivity contribution is 6.01. The molecule has 2 rings (SSSR count). The summed E-state index contributed by atoms with van der Waals surface area (Å²) in [5, 5.41) is 2.24. The van der Waals surface area contributed by atoms with Crippen LogP contribution in [0.1, 0.15) is 5.56 Å². The zero-order valence-electron chi connectivity index (χ0n) is 8.14. The van der Waals surface area contributed by atoms with E-state index in [4.69, 9.17) is 0 Å². The van der Waals surface area contributed by atoms with Gasteiger partial charge < -0.3 is 4.90 Å². The Bertz CT molecular complexity index is 378. The molecule has 1 aromatic rings. The number of hydrogen-bond donors (Lipinski definition) is 1. The van der Waals surface area contributed by atoms with Crippen LogP contribution in [-0.4, -0.2) is 34.9 Å². The summed E-state index contributed by atoms with van der Waals surface area (Å²) in [5.41, 5.74) is 1.11. The molecule has 1 aromatic heterocycles. The molecule has 5 nitrogen and oxygen atoms in total. The van der Waals surface area contributed by atoms with Crippen LogP contribution in [0.2, 0.25) is 0 Å². The maximum Gasteiger partial charge on any atom is 0.324 e. The first-order chi connectivity index (χ1) is 7.25. The SMILES string of the molecule is O=C1CN(CCc2ccncc2)C(=O)N1. The van der Waals surface area contributed by atoms with E-state index in [1.54, 1.807) is 12.4 Å². The molecule has 0 bridgehead atoms. The maximum absolute atomic E-state index is 11.2. The van der Waals surface area contributed by atoms with Crippen LogP contribution in [0.15, 0.2) is 24.5 Å². The van der Waals surface area contributed by atoms with Gasteiger partial charge in [-0.3, -0.25) is 15.1 Å². The molecule has 0 aromatic carbocycles. The van der Waals surface area contributed by atoms with Crippen molar-refractivity contribution in [2.75, 3.05) is 13.1 Å². The molecule has 1 aliphatic heterocycles. The van der Waals surface area contributed by atoms with E-state index in [2.05, 4.69) is 10.3 Å². The normalized spacial score (nSPS) is 15.6. The van der Waals surface area contributed by atoms with Crippen molar-refractivity contribution in [1.29, 1.82) is 0 Å². The predicted octanol–water partition coefficient (Wildman–Crippen LogP) is 0.176. The zero-order chi connectivity index (χ0) is 10.7. The highest BCUT2D eigenvalue weighted by atomic mass is 16.2. The van der Waals surface area contributed by atoms with Gasteiger partial charge in [-0.25, -0.2) is 4.79 Å². The Morgan fingerprint density at radius 2 is 2.07 bits per heavy atom. The first kappa shape index (κ1) is 9.64. The molecule has 3 amide bonds. The van der Waals surface area contributed by atoms with Gasteiger partial charge in [-0.1, -0.05) is 0 Å². The summed E-state index contributed by atoms with van der Waals surface area (Å²) < 4.78 is 0. The largest absolute Gasteiger partial charge is 0.324 e. The fourth-order valence-electron chi connectivity index (χ4n) is 1.48. The lowest BCUT2D eigenvalue weighted by Crippen LogP contribution is -2.30. The number of rotatable bonds is 3. The minimum Gasteiger partial charge on any atom is -0.315 e. The lowest BCUT2D eigenvalue weighted by molar-refractivity contribution is -0.118. The summed E-state index contributed by atoms with van der Waals surface area (Å²) >= 11 is 0. The molecule has 0 radical (unpaired) electrons. The first-order valence-electron chi connectivity index (χ1n) is 4.73. The van der Waals surface area contributed by atoms with Gasteiger partial charge in [-0.05, 0) is 24.1 Å². The molecule has 15 heavy (non-hydrogen) atoms. The number of carbonyl (C=O) groups is 2. The minimum absolute atomic E-state index is 0.171. The summed E-state index contributed by atoms with van der Waals surface area (Å²) in [7, 11) is 0. The van der Waals surface area contributed by atoms with Gasteiger partial charge in [-0.2, -0.15) is 0 Å². The third kappa shape index (κ3) is 2.31. The molecule has 1 fully saturated rings. The second kappa shape index (κ2) is 4.08. The molecular formula is C10H11N3O2. The van der Waals surface area contributed by atoms with Gasteiger partial charge in [0.1, 0.15) is 6.54 Å². The van der Waals surface area contributed by atoms with Gasteiger partial charge in [0.25, 0.3) is 0 Å². The van der Waals surface area contributed by atoms with Crippen LogP contribution in [0.4, 0.5) is 4.79 Å². The number of pyridine rings is 1. The zero-order valence-corrected chi connectivity index (χ0v) is 8.14. The van der Waals surface area contributed by atoms with Crippen LogP contribution >= 0.6 is 0 Å². The van der Waals surface area contributed by atoms with Crippen molar-refractivity contribution < 1.29 is 9.59 Å². The van der Waals surface area contributed by atoms with Crippen LogP contribution in [-0.2, 0) is 11.2 Å². The Kier molecular flexibility index (Phi) is 2.62. The summed E-state index contributed by atoms with van der Waals surface area (Å²) in [6.07, 6.45) is 4.16. The fraction of sp³-hybridized carbons (Fsp3) is 0.300. The standard InChI is InChI=1S/C10H11N3O2/c14-9-7-13(10(15)12-9)6-3-8-1-4-11-5-2-8/h1-2,4-5H,3,6-7H2,(H,12,14,15). The van der Waals surface area contributed by atoms with Gasteiger partial charge in [0.15, 0.2) is 0 Å². The monoisotopic (exact) mass is 205 g/mol. The Balaban J connectivity index is 1.89. The summed E-state index contributed by atoms with van der Waals surface area (Å²) in [4.78, 5) is 27.5. The second-order valence-electron chi connectivity index (χ2n) is 3.38. The molecular weight excluding hydrogens is 194 g/mol. The van der Waals surface area contributed by atoms with E-state index < -0.39 is 0 Å². The van der Waals surface area contributed by atoms with Crippen LogP contribution < -0.4 is 5.32 Å². The number of hydrogen-bond acceptors (Lipinski definition) is 3. The average Bonchev–Trinajstić information content (AvgIpc) is 2.56. The molecule has 1 N–H and O–H groups in total. The van der Waals surface area contributed by atoms with E-state index in [1.165, 1.54) is 4.90 Å². The second-order valence-corrected chi connectivity index (χ2v) is 3.38. The van der Waals surface area contributed by atoms with Crippen LogP contribution in [0.5, 0.6) is 0 Å². The summed E-state index contributed by atoms with van der Waals surface area (Å²) in [6, 6.07) is 3.50. The van der Waals surface area contributed by atoms with Gasteiger partial charge >= 0.3 is 6.03 Å². The van der Waals surface area contributed by atoms with E-state index in [0.29, 0.717) is 6.54 Å². The number of carbonyl (C=O) groups excluding carboxylic acids is 2. The lowest BCUT2D eigenvalue weighted by atomic mass is 10.2. The lowest BCUT2D eigenvalue weighted by Gasteiger charge is -2.12. The quantitative estimate of drug-likeness (QED) is 0.716. The molecule has 1 aliphatic rings. The maximum atomic E-state index is 11.2. The van der Waals surface area contributed by atoms with Crippen molar-refractivity contribution in [2.24, 2.45) is 0 Å².